The second kappa shape index (κ2) is 21.2. The van der Waals surface area contributed by atoms with Crippen LogP contribution in [0, 0.1) is 24.2 Å². The van der Waals surface area contributed by atoms with Gasteiger partial charge in [-0.05, 0) is 83.6 Å². The summed E-state index contributed by atoms with van der Waals surface area (Å²) in [6, 6.07) is 0. The molecular weight excluding hydrogens is 508 g/mol. The number of allylic oxidation sites excluding steroid dienone is 1. The molecular formula is C36H66N2O3. The molecule has 1 aliphatic rings. The van der Waals surface area contributed by atoms with Crippen LogP contribution in [-0.2, 0) is 9.47 Å². The fourth-order valence-electron chi connectivity index (χ4n) is 3.81. The molecule has 5 nitrogen and oxygen atoms in total. The Morgan fingerprint density at radius 1 is 1.07 bits per heavy atom. The number of hydrogen-bond donors (Lipinski definition) is 0. The van der Waals surface area contributed by atoms with Gasteiger partial charge < -0.3 is 9.47 Å². The number of methoxy groups -OCH3 is 1. The van der Waals surface area contributed by atoms with Gasteiger partial charge in [-0.25, -0.2) is 4.98 Å². The molecule has 1 aliphatic carbocycles. The minimum absolute atomic E-state index is 0.0649. The number of unbranched alkanes of at least 4 members (excludes halogenated alkanes) is 2. The predicted octanol–water partition coefficient (Wildman–Crippen LogP) is 10.4. The molecule has 1 aromatic heterocycles. The molecule has 5 heteroatoms. The van der Waals surface area contributed by atoms with Crippen molar-refractivity contribution >= 4 is 11.9 Å². The van der Waals surface area contributed by atoms with Crippen molar-refractivity contribution in [1.82, 2.24) is 9.97 Å². The van der Waals surface area contributed by atoms with Gasteiger partial charge in [-0.15, -0.1) is 0 Å². The number of Topliss-reactive ketones (excluding diaryl/α,β-unsaturated/α-hetero) is 1. The predicted molar refractivity (Wildman–Crippen MR) is 177 cm³/mol. The van der Waals surface area contributed by atoms with Gasteiger partial charge in [0.1, 0.15) is 5.69 Å². The van der Waals surface area contributed by atoms with Gasteiger partial charge >= 0.3 is 0 Å². The van der Waals surface area contributed by atoms with Crippen molar-refractivity contribution in [3.8, 4) is 0 Å². The zero-order valence-corrected chi connectivity index (χ0v) is 29.1. The SMILES string of the molecule is CC1CC1.CCC(CCCCC(=O)c1cnc(/C=C(\C)C(C)(C)CCCOC)c(C)n1)COC(C)(C)C.CCCC. The van der Waals surface area contributed by atoms with Crippen LogP contribution in [0.25, 0.3) is 6.08 Å². The Morgan fingerprint density at radius 2 is 1.68 bits per heavy atom. The van der Waals surface area contributed by atoms with Crippen LogP contribution in [0.2, 0.25) is 0 Å². The number of ketones is 1. The summed E-state index contributed by atoms with van der Waals surface area (Å²) in [5.74, 6) is 1.71. The van der Waals surface area contributed by atoms with Crippen molar-refractivity contribution in [3.05, 3.63) is 28.9 Å². The summed E-state index contributed by atoms with van der Waals surface area (Å²) in [6.45, 7) is 25.2. The van der Waals surface area contributed by atoms with E-state index in [9.17, 15) is 4.79 Å². The maximum Gasteiger partial charge on any atom is 0.182 e. The third kappa shape index (κ3) is 20.0. The Morgan fingerprint density at radius 3 is 2.15 bits per heavy atom. The largest absolute Gasteiger partial charge is 0.385 e. The standard InChI is InChI=1S/C28H48N2O3.C4H8.C4H10/c1-10-23(20-33-27(4,5)6)14-11-12-15-26(31)25-19-29-24(22(3)30-25)18-21(2)28(7,8)16-13-17-32-9;1-4-2-3-4;1-3-4-2/h18-19,23H,10-17,20H2,1-9H3;4H,2-3H2,1H3;3-4H2,1-2H3/b21-18+;;. The third-order valence-electron chi connectivity index (χ3n) is 7.80. The molecule has 0 aliphatic heterocycles. The Labute approximate surface area is 254 Å². The summed E-state index contributed by atoms with van der Waals surface area (Å²) in [5.41, 5.74) is 3.35. The van der Waals surface area contributed by atoms with Crippen LogP contribution in [0.5, 0.6) is 0 Å². The van der Waals surface area contributed by atoms with Crippen LogP contribution in [-0.4, -0.2) is 41.7 Å². The van der Waals surface area contributed by atoms with Gasteiger partial charge in [0.05, 0.1) is 29.8 Å². The molecule has 0 radical (unpaired) electrons. The van der Waals surface area contributed by atoms with Crippen molar-refractivity contribution < 1.29 is 14.3 Å². The van der Waals surface area contributed by atoms with Crippen molar-refractivity contribution in [2.45, 2.75) is 152 Å². The molecule has 41 heavy (non-hydrogen) atoms. The summed E-state index contributed by atoms with van der Waals surface area (Å²) in [7, 11) is 1.74. The maximum atomic E-state index is 12.7. The summed E-state index contributed by atoms with van der Waals surface area (Å²) in [5, 5.41) is 0. The van der Waals surface area contributed by atoms with Gasteiger partial charge in [-0.1, -0.05) is 85.6 Å². The number of carbonyl (C=O) groups is 1. The van der Waals surface area contributed by atoms with E-state index in [1.54, 1.807) is 13.3 Å². The summed E-state index contributed by atoms with van der Waals surface area (Å²) >= 11 is 0. The van der Waals surface area contributed by atoms with Crippen LogP contribution in [0.1, 0.15) is 162 Å². The van der Waals surface area contributed by atoms with Crippen LogP contribution in [0.4, 0.5) is 0 Å². The molecule has 0 aromatic carbocycles. The topological polar surface area (TPSA) is 61.3 Å². The van der Waals surface area contributed by atoms with Crippen molar-refractivity contribution in [2.24, 2.45) is 17.3 Å². The minimum Gasteiger partial charge on any atom is -0.385 e. The van der Waals surface area contributed by atoms with E-state index in [1.807, 2.05) is 6.92 Å². The Kier molecular flexibility index (Phi) is 20.3. The van der Waals surface area contributed by atoms with Crippen molar-refractivity contribution in [1.29, 1.82) is 0 Å². The van der Waals surface area contributed by atoms with Crippen LogP contribution < -0.4 is 0 Å². The number of aryl methyl sites for hydroxylation is 1. The number of aromatic nitrogens is 2. The highest BCUT2D eigenvalue weighted by atomic mass is 16.5. The number of hydrogen-bond acceptors (Lipinski definition) is 5. The molecule has 0 bridgehead atoms. The number of rotatable bonds is 16. The Bertz CT molecular complexity index is 864. The average molecular weight is 575 g/mol. The van der Waals surface area contributed by atoms with E-state index >= 15 is 0 Å². The summed E-state index contributed by atoms with van der Waals surface area (Å²) < 4.78 is 11.1. The molecule has 238 valence electrons. The number of ether oxygens (including phenoxy) is 2. The van der Waals surface area contributed by atoms with E-state index in [-0.39, 0.29) is 16.8 Å². The van der Waals surface area contributed by atoms with Gasteiger partial charge in [0.2, 0.25) is 0 Å². The first kappa shape index (κ1) is 39.4. The van der Waals surface area contributed by atoms with Crippen molar-refractivity contribution in [3.63, 3.8) is 0 Å². The lowest BCUT2D eigenvalue weighted by atomic mass is 9.80. The van der Waals surface area contributed by atoms with Crippen LogP contribution in [0.15, 0.2) is 11.8 Å². The van der Waals surface area contributed by atoms with E-state index in [4.69, 9.17) is 9.47 Å². The van der Waals surface area contributed by atoms with E-state index in [2.05, 4.69) is 85.3 Å². The molecule has 1 aromatic rings. The molecule has 0 saturated heterocycles. The molecule has 0 spiro atoms. The molecule has 1 heterocycles. The van der Waals surface area contributed by atoms with Gasteiger partial charge in [-0.2, -0.15) is 0 Å². The van der Waals surface area contributed by atoms with Gasteiger partial charge in [-0.3, -0.25) is 9.78 Å². The monoisotopic (exact) mass is 575 g/mol. The molecule has 1 saturated carbocycles. The second-order valence-corrected chi connectivity index (χ2v) is 13.6. The third-order valence-corrected chi connectivity index (χ3v) is 7.80. The van der Waals surface area contributed by atoms with Crippen LogP contribution in [0.3, 0.4) is 0 Å². The summed E-state index contributed by atoms with van der Waals surface area (Å²) in [6.07, 6.45) is 16.0. The number of nitrogens with zero attached hydrogens (tertiary/aromatic N) is 2. The maximum absolute atomic E-state index is 12.7. The summed E-state index contributed by atoms with van der Waals surface area (Å²) in [4.78, 5) is 21.8. The fraction of sp³-hybridized carbons (Fsp3) is 0.806. The number of carbonyl (C=O) groups excluding carboxylic acids is 1. The normalized spacial score (nSPS) is 14.5. The Hall–Kier alpha value is -1.59. The highest BCUT2D eigenvalue weighted by Gasteiger charge is 2.20. The quantitative estimate of drug-likeness (QED) is 0.145. The van der Waals surface area contributed by atoms with Gasteiger partial charge in [0, 0.05) is 20.1 Å². The van der Waals surface area contributed by atoms with E-state index < -0.39 is 0 Å². The van der Waals surface area contributed by atoms with Gasteiger partial charge in [0.25, 0.3) is 0 Å². The zero-order valence-electron chi connectivity index (χ0n) is 29.1. The molecule has 1 atom stereocenters. The minimum atomic E-state index is -0.0976. The lowest BCUT2D eigenvalue weighted by Crippen LogP contribution is -2.23. The lowest BCUT2D eigenvalue weighted by molar-refractivity contribution is -0.0243. The van der Waals surface area contributed by atoms with E-state index in [1.165, 1.54) is 31.3 Å². The molecule has 0 N–H and O–H groups in total. The van der Waals surface area contributed by atoms with Gasteiger partial charge in [0.15, 0.2) is 5.78 Å². The molecule has 2 rings (SSSR count). The first-order valence-corrected chi connectivity index (χ1v) is 16.4. The average Bonchev–Trinajstić information content (AvgIpc) is 3.71. The lowest BCUT2D eigenvalue weighted by Gasteiger charge is -2.26. The van der Waals surface area contributed by atoms with E-state index in [0.29, 0.717) is 18.0 Å². The second-order valence-electron chi connectivity index (χ2n) is 13.6. The van der Waals surface area contributed by atoms with Crippen LogP contribution >= 0.6 is 0 Å². The first-order chi connectivity index (χ1) is 19.2. The molecule has 1 fully saturated rings. The zero-order chi connectivity index (χ0) is 31.5. The van der Waals surface area contributed by atoms with Crippen molar-refractivity contribution in [2.75, 3.05) is 20.3 Å². The highest BCUT2D eigenvalue weighted by molar-refractivity contribution is 5.94. The molecule has 1 unspecified atom stereocenters. The molecule has 0 amide bonds. The fourth-order valence-corrected chi connectivity index (χ4v) is 3.81. The first-order valence-electron chi connectivity index (χ1n) is 16.4. The smallest absolute Gasteiger partial charge is 0.182 e. The Balaban J connectivity index is 0.00000173. The highest BCUT2D eigenvalue weighted by Crippen LogP contribution is 2.32. The van der Waals surface area contributed by atoms with E-state index in [0.717, 1.165) is 69.0 Å².